The molecular formula is C10H6BrF2N3O. The number of nitrogen functional groups attached to an aromatic ring is 1. The van der Waals surface area contributed by atoms with Gasteiger partial charge in [-0.15, -0.1) is 0 Å². The molecule has 0 amide bonds. The van der Waals surface area contributed by atoms with Crippen LogP contribution in [-0.2, 0) is 0 Å². The molecule has 4 nitrogen and oxygen atoms in total. The maximum absolute atomic E-state index is 12.9. The van der Waals surface area contributed by atoms with Crippen molar-refractivity contribution in [2.24, 2.45) is 0 Å². The van der Waals surface area contributed by atoms with Crippen molar-refractivity contribution in [1.82, 2.24) is 9.97 Å². The molecule has 17 heavy (non-hydrogen) atoms. The van der Waals surface area contributed by atoms with Gasteiger partial charge in [0, 0.05) is 6.07 Å². The van der Waals surface area contributed by atoms with Gasteiger partial charge in [0.25, 0.3) is 0 Å². The number of nitrogens with two attached hydrogens (primary N) is 1. The number of halogens is 3. The molecule has 88 valence electrons. The molecule has 7 heteroatoms. The predicted octanol–water partition coefficient (Wildman–Crippen LogP) is 2.89. The second-order valence-corrected chi connectivity index (χ2v) is 3.85. The van der Waals surface area contributed by atoms with E-state index < -0.39 is 11.6 Å². The van der Waals surface area contributed by atoms with Crippen molar-refractivity contribution in [3.63, 3.8) is 0 Å². The monoisotopic (exact) mass is 301 g/mol. The highest BCUT2D eigenvalue weighted by atomic mass is 79.9. The molecule has 1 aromatic carbocycles. The first-order valence-corrected chi connectivity index (χ1v) is 5.26. The highest BCUT2D eigenvalue weighted by Crippen LogP contribution is 2.30. The van der Waals surface area contributed by atoms with E-state index >= 15 is 0 Å². The number of ether oxygens (including phenoxy) is 1. The molecule has 0 atom stereocenters. The lowest BCUT2D eigenvalue weighted by molar-refractivity contribution is 0.444. The SMILES string of the molecule is Nc1ncnc(Oc2ccc(F)c(F)c2)c1Br. The van der Waals surface area contributed by atoms with Crippen molar-refractivity contribution < 1.29 is 13.5 Å². The van der Waals surface area contributed by atoms with Crippen molar-refractivity contribution in [3.05, 3.63) is 40.6 Å². The van der Waals surface area contributed by atoms with Gasteiger partial charge in [0.2, 0.25) is 5.88 Å². The lowest BCUT2D eigenvalue weighted by atomic mass is 10.3. The third kappa shape index (κ3) is 2.50. The van der Waals surface area contributed by atoms with Crippen molar-refractivity contribution in [1.29, 1.82) is 0 Å². The summed E-state index contributed by atoms with van der Waals surface area (Å²) in [6, 6.07) is 3.16. The fourth-order valence-electron chi connectivity index (χ4n) is 1.09. The Labute approximate surface area is 104 Å². The average molecular weight is 302 g/mol. The predicted molar refractivity (Wildman–Crippen MR) is 60.6 cm³/mol. The third-order valence-electron chi connectivity index (χ3n) is 1.89. The number of benzene rings is 1. The van der Waals surface area contributed by atoms with Crippen LogP contribution in [0.5, 0.6) is 11.6 Å². The van der Waals surface area contributed by atoms with Crippen molar-refractivity contribution in [2.45, 2.75) is 0 Å². The minimum Gasteiger partial charge on any atom is -0.438 e. The van der Waals surface area contributed by atoms with Gasteiger partial charge in [-0.05, 0) is 28.1 Å². The molecule has 2 rings (SSSR count). The Morgan fingerprint density at radius 3 is 2.65 bits per heavy atom. The molecule has 1 heterocycles. The van der Waals surface area contributed by atoms with Crippen molar-refractivity contribution in [2.75, 3.05) is 5.73 Å². The summed E-state index contributed by atoms with van der Waals surface area (Å²) in [6.45, 7) is 0. The van der Waals surface area contributed by atoms with E-state index in [2.05, 4.69) is 25.9 Å². The lowest BCUT2D eigenvalue weighted by Gasteiger charge is -2.07. The van der Waals surface area contributed by atoms with Crippen LogP contribution in [0.2, 0.25) is 0 Å². The van der Waals surface area contributed by atoms with Gasteiger partial charge in [0.15, 0.2) is 11.6 Å². The van der Waals surface area contributed by atoms with Gasteiger partial charge in [-0.2, -0.15) is 0 Å². The molecule has 2 aromatic rings. The summed E-state index contributed by atoms with van der Waals surface area (Å²) in [5.74, 6) is -1.51. The van der Waals surface area contributed by atoms with Crippen LogP contribution in [0.1, 0.15) is 0 Å². The number of rotatable bonds is 2. The van der Waals surface area contributed by atoms with E-state index in [9.17, 15) is 8.78 Å². The van der Waals surface area contributed by atoms with E-state index in [4.69, 9.17) is 10.5 Å². The molecule has 0 radical (unpaired) electrons. The average Bonchev–Trinajstić information content (AvgIpc) is 2.30. The number of hydrogen-bond acceptors (Lipinski definition) is 4. The Bertz CT molecular complexity index is 565. The quantitative estimate of drug-likeness (QED) is 0.926. The van der Waals surface area contributed by atoms with E-state index in [0.717, 1.165) is 12.1 Å². The van der Waals surface area contributed by atoms with Gasteiger partial charge in [-0.25, -0.2) is 18.7 Å². The number of hydrogen-bond donors (Lipinski definition) is 1. The van der Waals surface area contributed by atoms with Gasteiger partial charge in [-0.1, -0.05) is 0 Å². The standard InChI is InChI=1S/C10H6BrF2N3O/c11-8-9(14)15-4-16-10(8)17-5-1-2-6(12)7(13)3-5/h1-4H,(H2,14,15,16). The van der Waals surface area contributed by atoms with Crippen LogP contribution in [0.3, 0.4) is 0 Å². The maximum atomic E-state index is 12.9. The van der Waals surface area contributed by atoms with E-state index in [1.165, 1.54) is 12.4 Å². The van der Waals surface area contributed by atoms with Crippen LogP contribution < -0.4 is 10.5 Å². The topological polar surface area (TPSA) is 61.0 Å². The summed E-state index contributed by atoms with van der Waals surface area (Å²) < 4.78 is 31.2. The second-order valence-electron chi connectivity index (χ2n) is 3.06. The first-order valence-electron chi connectivity index (χ1n) is 4.47. The molecule has 0 aliphatic carbocycles. The molecular weight excluding hydrogens is 296 g/mol. The van der Waals surface area contributed by atoms with E-state index in [0.29, 0.717) is 4.47 Å². The van der Waals surface area contributed by atoms with Gasteiger partial charge < -0.3 is 10.5 Å². The Kier molecular flexibility index (Phi) is 3.19. The minimum atomic E-state index is -0.999. The Morgan fingerprint density at radius 1 is 1.18 bits per heavy atom. The smallest absolute Gasteiger partial charge is 0.238 e. The molecule has 1 aromatic heterocycles. The van der Waals surface area contributed by atoms with E-state index in [-0.39, 0.29) is 17.4 Å². The van der Waals surface area contributed by atoms with Crippen molar-refractivity contribution >= 4 is 21.7 Å². The highest BCUT2D eigenvalue weighted by Gasteiger charge is 2.10. The van der Waals surface area contributed by atoms with E-state index in [1.54, 1.807) is 0 Å². The van der Waals surface area contributed by atoms with Gasteiger partial charge in [0.1, 0.15) is 22.4 Å². The first kappa shape index (κ1) is 11.7. The zero-order valence-corrected chi connectivity index (χ0v) is 9.91. The number of aromatic nitrogens is 2. The Hall–Kier alpha value is -1.76. The van der Waals surface area contributed by atoms with Crippen LogP contribution in [0.4, 0.5) is 14.6 Å². The fraction of sp³-hybridized carbons (Fsp3) is 0. The molecule has 2 N–H and O–H groups in total. The first-order chi connectivity index (χ1) is 8.08. The third-order valence-corrected chi connectivity index (χ3v) is 2.64. The summed E-state index contributed by atoms with van der Waals surface area (Å²) in [5.41, 5.74) is 5.52. The van der Waals surface area contributed by atoms with Gasteiger partial charge in [-0.3, -0.25) is 0 Å². The van der Waals surface area contributed by atoms with Crippen LogP contribution in [0.15, 0.2) is 29.0 Å². The molecule has 0 spiro atoms. The fourth-order valence-corrected chi connectivity index (χ4v) is 1.38. The van der Waals surface area contributed by atoms with Crippen LogP contribution in [-0.4, -0.2) is 9.97 Å². The summed E-state index contributed by atoms with van der Waals surface area (Å²) in [4.78, 5) is 7.53. The largest absolute Gasteiger partial charge is 0.438 e. The molecule has 0 unspecified atom stereocenters. The molecule has 0 fully saturated rings. The Balaban J connectivity index is 2.31. The summed E-state index contributed by atoms with van der Waals surface area (Å²) in [5, 5.41) is 0. The van der Waals surface area contributed by atoms with Crippen molar-refractivity contribution in [3.8, 4) is 11.6 Å². The number of anilines is 1. The zero-order chi connectivity index (χ0) is 12.4. The Morgan fingerprint density at radius 2 is 1.94 bits per heavy atom. The molecule has 0 saturated heterocycles. The molecule has 0 aliphatic heterocycles. The second kappa shape index (κ2) is 4.62. The van der Waals surface area contributed by atoms with Gasteiger partial charge in [0.05, 0.1) is 0 Å². The lowest BCUT2D eigenvalue weighted by Crippen LogP contribution is -1.97. The summed E-state index contributed by atoms with van der Waals surface area (Å²) in [7, 11) is 0. The zero-order valence-electron chi connectivity index (χ0n) is 8.32. The van der Waals surface area contributed by atoms with Crippen LogP contribution in [0, 0.1) is 11.6 Å². The van der Waals surface area contributed by atoms with Crippen LogP contribution >= 0.6 is 15.9 Å². The van der Waals surface area contributed by atoms with Crippen LogP contribution in [0.25, 0.3) is 0 Å². The van der Waals surface area contributed by atoms with Gasteiger partial charge >= 0.3 is 0 Å². The normalized spacial score (nSPS) is 10.3. The van der Waals surface area contributed by atoms with E-state index in [1.807, 2.05) is 0 Å². The minimum absolute atomic E-state index is 0.114. The summed E-state index contributed by atoms with van der Waals surface area (Å²) >= 11 is 3.13. The summed E-state index contributed by atoms with van der Waals surface area (Å²) in [6.07, 6.45) is 1.20. The highest BCUT2D eigenvalue weighted by molar-refractivity contribution is 9.10. The maximum Gasteiger partial charge on any atom is 0.238 e. The molecule has 0 saturated carbocycles. The number of nitrogens with zero attached hydrogens (tertiary/aromatic N) is 2. The molecule has 0 bridgehead atoms. The molecule has 0 aliphatic rings.